The summed E-state index contributed by atoms with van der Waals surface area (Å²) in [6.45, 7) is 1.90. The standard InChI is InChI=1S/C15H13N5O/c1-9-14-11(18-17-9)7-10(8-16-14)20-13-6-4-3-5-12(13)19(2)15(20)21/h3-8H,1-2H3,(H,17,18). The number of nitrogens with zero attached hydrogens (tertiary/aromatic N) is 4. The average molecular weight is 279 g/mol. The van der Waals surface area contributed by atoms with Crippen LogP contribution in [-0.2, 0) is 7.05 Å². The molecule has 3 aromatic heterocycles. The second-order valence-electron chi connectivity index (χ2n) is 5.06. The van der Waals surface area contributed by atoms with Crippen LogP contribution in [0.25, 0.3) is 27.8 Å². The van der Waals surface area contributed by atoms with Crippen molar-refractivity contribution in [3.8, 4) is 5.69 Å². The molecule has 0 radical (unpaired) electrons. The van der Waals surface area contributed by atoms with Gasteiger partial charge in [0.1, 0.15) is 5.52 Å². The number of aromatic nitrogens is 5. The molecule has 6 heteroatoms. The van der Waals surface area contributed by atoms with Crippen LogP contribution in [-0.4, -0.2) is 24.3 Å². The Morgan fingerprint density at radius 1 is 1.19 bits per heavy atom. The zero-order valence-corrected chi connectivity index (χ0v) is 11.7. The van der Waals surface area contributed by atoms with Gasteiger partial charge < -0.3 is 0 Å². The Kier molecular flexibility index (Phi) is 2.29. The minimum Gasteiger partial charge on any atom is -0.295 e. The topological polar surface area (TPSA) is 68.5 Å². The molecule has 21 heavy (non-hydrogen) atoms. The second kappa shape index (κ2) is 4.05. The normalized spacial score (nSPS) is 11.5. The van der Waals surface area contributed by atoms with Crippen LogP contribution < -0.4 is 5.69 Å². The lowest BCUT2D eigenvalue weighted by Crippen LogP contribution is -2.20. The minimum atomic E-state index is -0.0893. The van der Waals surface area contributed by atoms with Gasteiger partial charge in [0.15, 0.2) is 0 Å². The molecule has 0 aliphatic rings. The van der Waals surface area contributed by atoms with Crippen LogP contribution in [0.2, 0.25) is 0 Å². The number of rotatable bonds is 1. The quantitative estimate of drug-likeness (QED) is 0.578. The maximum absolute atomic E-state index is 12.5. The van der Waals surface area contributed by atoms with Gasteiger partial charge in [0, 0.05) is 7.05 Å². The molecule has 0 amide bonds. The Balaban J connectivity index is 2.08. The number of H-pyrrole nitrogens is 1. The molecule has 0 aliphatic heterocycles. The largest absolute Gasteiger partial charge is 0.333 e. The third kappa shape index (κ3) is 1.56. The van der Waals surface area contributed by atoms with E-state index in [0.717, 1.165) is 33.4 Å². The number of hydrogen-bond donors (Lipinski definition) is 1. The molecule has 3 heterocycles. The zero-order valence-electron chi connectivity index (χ0n) is 11.7. The number of imidazole rings is 1. The lowest BCUT2D eigenvalue weighted by molar-refractivity contribution is 0.845. The summed E-state index contributed by atoms with van der Waals surface area (Å²) >= 11 is 0. The first-order valence-corrected chi connectivity index (χ1v) is 6.64. The van der Waals surface area contributed by atoms with Crippen molar-refractivity contribution in [3.05, 3.63) is 52.7 Å². The van der Waals surface area contributed by atoms with Crippen molar-refractivity contribution in [1.82, 2.24) is 24.3 Å². The molecule has 0 atom stereocenters. The second-order valence-corrected chi connectivity index (χ2v) is 5.06. The molecule has 6 nitrogen and oxygen atoms in total. The molecule has 4 rings (SSSR count). The van der Waals surface area contributed by atoms with E-state index in [4.69, 9.17) is 0 Å². The molecule has 0 spiro atoms. The van der Waals surface area contributed by atoms with E-state index in [1.165, 1.54) is 0 Å². The first-order valence-electron chi connectivity index (χ1n) is 6.64. The van der Waals surface area contributed by atoms with E-state index in [1.54, 1.807) is 22.4 Å². The van der Waals surface area contributed by atoms with E-state index in [2.05, 4.69) is 15.2 Å². The minimum absolute atomic E-state index is 0.0893. The first kappa shape index (κ1) is 11.9. The fourth-order valence-electron chi connectivity index (χ4n) is 2.69. The highest BCUT2D eigenvalue weighted by Gasteiger charge is 2.13. The third-order valence-corrected chi connectivity index (χ3v) is 3.78. The van der Waals surface area contributed by atoms with Gasteiger partial charge in [-0.05, 0) is 25.1 Å². The summed E-state index contributed by atoms with van der Waals surface area (Å²) in [5, 5.41) is 7.08. The summed E-state index contributed by atoms with van der Waals surface area (Å²) in [5.74, 6) is 0. The van der Waals surface area contributed by atoms with Crippen molar-refractivity contribution in [3.63, 3.8) is 0 Å². The summed E-state index contributed by atoms with van der Waals surface area (Å²) in [7, 11) is 1.77. The van der Waals surface area contributed by atoms with Crippen molar-refractivity contribution >= 4 is 22.1 Å². The Morgan fingerprint density at radius 3 is 2.76 bits per heavy atom. The number of benzene rings is 1. The SMILES string of the molecule is Cc1n[nH]c2cc(-n3c(=O)n(C)c4ccccc43)cnc12. The van der Waals surface area contributed by atoms with Crippen molar-refractivity contribution in [1.29, 1.82) is 0 Å². The summed E-state index contributed by atoms with van der Waals surface area (Å²) in [6, 6.07) is 9.60. The average Bonchev–Trinajstić information content (AvgIpc) is 2.99. The summed E-state index contributed by atoms with van der Waals surface area (Å²) in [6.07, 6.45) is 1.71. The Labute approximate surface area is 119 Å². The Morgan fingerprint density at radius 2 is 1.95 bits per heavy atom. The van der Waals surface area contributed by atoms with Crippen LogP contribution >= 0.6 is 0 Å². The third-order valence-electron chi connectivity index (χ3n) is 3.78. The molecule has 0 saturated heterocycles. The molecule has 0 saturated carbocycles. The fourth-order valence-corrected chi connectivity index (χ4v) is 2.69. The Bertz CT molecular complexity index is 1040. The predicted octanol–water partition coefficient (Wildman–Crippen LogP) is 1.91. The van der Waals surface area contributed by atoms with Crippen molar-refractivity contribution in [2.24, 2.45) is 7.05 Å². The lowest BCUT2D eigenvalue weighted by Gasteiger charge is -2.02. The van der Waals surface area contributed by atoms with Crippen LogP contribution in [0.5, 0.6) is 0 Å². The Hall–Kier alpha value is -2.89. The maximum Gasteiger partial charge on any atom is 0.333 e. The molecule has 0 bridgehead atoms. The smallest absolute Gasteiger partial charge is 0.295 e. The van der Waals surface area contributed by atoms with Crippen LogP contribution in [0.3, 0.4) is 0 Å². The molecule has 0 fully saturated rings. The molecule has 4 aromatic rings. The van der Waals surface area contributed by atoms with E-state index in [9.17, 15) is 4.79 Å². The van der Waals surface area contributed by atoms with E-state index in [1.807, 2.05) is 37.3 Å². The van der Waals surface area contributed by atoms with Gasteiger partial charge in [0.05, 0.1) is 34.1 Å². The fraction of sp³-hybridized carbons (Fsp3) is 0.133. The van der Waals surface area contributed by atoms with E-state index >= 15 is 0 Å². The number of aryl methyl sites for hydroxylation is 2. The number of hydrogen-bond acceptors (Lipinski definition) is 3. The van der Waals surface area contributed by atoms with Gasteiger partial charge in [0.2, 0.25) is 0 Å². The van der Waals surface area contributed by atoms with Crippen LogP contribution in [0.15, 0.2) is 41.3 Å². The van der Waals surface area contributed by atoms with Gasteiger partial charge in [0.25, 0.3) is 0 Å². The van der Waals surface area contributed by atoms with Crippen LogP contribution in [0.1, 0.15) is 5.69 Å². The van der Waals surface area contributed by atoms with Crippen LogP contribution in [0.4, 0.5) is 0 Å². The van der Waals surface area contributed by atoms with E-state index in [-0.39, 0.29) is 5.69 Å². The van der Waals surface area contributed by atoms with Crippen molar-refractivity contribution < 1.29 is 0 Å². The van der Waals surface area contributed by atoms with Crippen molar-refractivity contribution in [2.45, 2.75) is 6.92 Å². The monoisotopic (exact) mass is 279 g/mol. The first-order chi connectivity index (χ1) is 10.2. The molecule has 1 N–H and O–H groups in total. The lowest BCUT2D eigenvalue weighted by atomic mass is 10.3. The molecule has 1 aromatic carbocycles. The van der Waals surface area contributed by atoms with E-state index in [0.29, 0.717) is 0 Å². The van der Waals surface area contributed by atoms with Crippen molar-refractivity contribution in [2.75, 3.05) is 0 Å². The van der Waals surface area contributed by atoms with Crippen LogP contribution in [0, 0.1) is 6.92 Å². The number of aromatic amines is 1. The van der Waals surface area contributed by atoms with Gasteiger partial charge in [-0.15, -0.1) is 0 Å². The van der Waals surface area contributed by atoms with Gasteiger partial charge in [-0.3, -0.25) is 19.2 Å². The molecule has 0 unspecified atom stereocenters. The zero-order chi connectivity index (χ0) is 14.6. The van der Waals surface area contributed by atoms with Gasteiger partial charge in [-0.1, -0.05) is 12.1 Å². The van der Waals surface area contributed by atoms with E-state index < -0.39 is 0 Å². The molecule has 0 aliphatic carbocycles. The summed E-state index contributed by atoms with van der Waals surface area (Å²) in [4.78, 5) is 16.9. The highest BCUT2D eigenvalue weighted by Crippen LogP contribution is 2.19. The molecule has 104 valence electrons. The predicted molar refractivity (Wildman–Crippen MR) is 80.7 cm³/mol. The number of fused-ring (bicyclic) bond motifs is 2. The van der Waals surface area contributed by atoms with Gasteiger partial charge >= 0.3 is 5.69 Å². The maximum atomic E-state index is 12.5. The number of nitrogens with one attached hydrogen (secondary N) is 1. The summed E-state index contributed by atoms with van der Waals surface area (Å²) in [5.41, 5.74) is 4.89. The number of para-hydroxylation sites is 2. The highest BCUT2D eigenvalue weighted by molar-refractivity contribution is 5.81. The van der Waals surface area contributed by atoms with Gasteiger partial charge in [-0.25, -0.2) is 4.79 Å². The molecular formula is C15H13N5O. The summed E-state index contributed by atoms with van der Waals surface area (Å²) < 4.78 is 3.30. The highest BCUT2D eigenvalue weighted by atomic mass is 16.1. The van der Waals surface area contributed by atoms with Gasteiger partial charge in [-0.2, -0.15) is 5.10 Å². The molecular weight excluding hydrogens is 266 g/mol. The number of pyridine rings is 1.